The Morgan fingerprint density at radius 3 is 2.66 bits per heavy atom. The summed E-state index contributed by atoms with van der Waals surface area (Å²) in [6.45, 7) is 0.351. The fourth-order valence-corrected chi connectivity index (χ4v) is 3.48. The van der Waals surface area contributed by atoms with E-state index in [0.717, 1.165) is 28.2 Å². The summed E-state index contributed by atoms with van der Waals surface area (Å²) in [5.74, 6) is 1.11. The number of nitrogen functional groups attached to an aromatic ring is 2. The van der Waals surface area contributed by atoms with Crippen LogP contribution in [0.1, 0.15) is 39.6 Å². The second kappa shape index (κ2) is 9.38. The van der Waals surface area contributed by atoms with Gasteiger partial charge >= 0.3 is 5.97 Å². The highest BCUT2D eigenvalue weighted by Crippen LogP contribution is 2.31. The molecule has 1 aromatic heterocycles. The van der Waals surface area contributed by atoms with Crippen LogP contribution in [0.5, 0.6) is 5.75 Å². The molecular formula is C24H24N4O4. The van der Waals surface area contributed by atoms with E-state index in [1.54, 1.807) is 24.3 Å². The number of nitrogens with two attached hydrogens (primary N) is 2. The van der Waals surface area contributed by atoms with Gasteiger partial charge in [0.15, 0.2) is 6.10 Å². The molecule has 4 rings (SSSR count). The van der Waals surface area contributed by atoms with Crippen molar-refractivity contribution in [3.8, 4) is 5.75 Å². The van der Waals surface area contributed by atoms with E-state index in [1.165, 1.54) is 7.11 Å². The summed E-state index contributed by atoms with van der Waals surface area (Å²) in [6, 6.07) is 18.5. The lowest BCUT2D eigenvalue weighted by molar-refractivity contribution is 0.0600. The number of oxime groups is 1. The first-order chi connectivity index (χ1) is 15.5. The number of rotatable bonds is 7. The van der Waals surface area contributed by atoms with Gasteiger partial charge < -0.3 is 25.8 Å². The van der Waals surface area contributed by atoms with E-state index in [9.17, 15) is 4.79 Å². The summed E-state index contributed by atoms with van der Waals surface area (Å²) in [6.07, 6.45) is 1.06. The highest BCUT2D eigenvalue weighted by Gasteiger charge is 2.25. The van der Waals surface area contributed by atoms with E-state index in [4.69, 9.17) is 25.8 Å². The van der Waals surface area contributed by atoms with Crippen LogP contribution in [-0.4, -0.2) is 23.8 Å². The molecule has 0 bridgehead atoms. The van der Waals surface area contributed by atoms with Gasteiger partial charge in [-0.15, -0.1) is 0 Å². The molecule has 8 nitrogen and oxygen atoms in total. The zero-order chi connectivity index (χ0) is 22.5. The monoisotopic (exact) mass is 432 g/mol. The number of aromatic nitrogens is 1. The molecule has 2 heterocycles. The van der Waals surface area contributed by atoms with Gasteiger partial charge in [0, 0.05) is 18.4 Å². The van der Waals surface area contributed by atoms with Gasteiger partial charge in [0.05, 0.1) is 18.4 Å². The topological polar surface area (TPSA) is 122 Å². The van der Waals surface area contributed by atoms with Gasteiger partial charge in [-0.2, -0.15) is 0 Å². The van der Waals surface area contributed by atoms with Gasteiger partial charge in [-0.05, 0) is 47.5 Å². The maximum Gasteiger partial charge on any atom is 0.337 e. The third-order valence-corrected chi connectivity index (χ3v) is 5.14. The van der Waals surface area contributed by atoms with Crippen molar-refractivity contribution in [2.75, 3.05) is 18.6 Å². The molecule has 0 fully saturated rings. The molecule has 1 aliphatic rings. The largest absolute Gasteiger partial charge is 0.489 e. The van der Waals surface area contributed by atoms with Gasteiger partial charge in [0.1, 0.15) is 24.0 Å². The average molecular weight is 432 g/mol. The van der Waals surface area contributed by atoms with Crippen LogP contribution >= 0.6 is 0 Å². The normalized spacial score (nSPS) is 15.0. The summed E-state index contributed by atoms with van der Waals surface area (Å²) in [4.78, 5) is 21.3. The lowest BCUT2D eigenvalue weighted by Crippen LogP contribution is -2.07. The van der Waals surface area contributed by atoms with Crippen LogP contribution in [0.2, 0.25) is 0 Å². The molecule has 0 saturated heterocycles. The van der Waals surface area contributed by atoms with Gasteiger partial charge in [-0.25, -0.2) is 9.78 Å². The lowest BCUT2D eigenvalue weighted by Gasteiger charge is -2.11. The standard InChI is InChI=1S/C24H24N4O4/c1-30-24(29)17-4-2-3-16(11-17)14-31-19-7-5-15(6-8-19)12-18-13-21(32-28-18)20-9-10-22(25)27-23(20)26/h2-11,21H,12-14H2,1H3,(H4,25,26,27). The maximum atomic E-state index is 11.7. The van der Waals surface area contributed by atoms with Crippen molar-refractivity contribution in [3.63, 3.8) is 0 Å². The minimum Gasteiger partial charge on any atom is -0.489 e. The Kier molecular flexibility index (Phi) is 6.21. The Morgan fingerprint density at radius 1 is 1.09 bits per heavy atom. The maximum absolute atomic E-state index is 11.7. The summed E-state index contributed by atoms with van der Waals surface area (Å²) < 4.78 is 10.6. The summed E-state index contributed by atoms with van der Waals surface area (Å²) in [5.41, 5.74) is 15.8. The Balaban J connectivity index is 1.31. The molecule has 0 saturated carbocycles. The Hall–Kier alpha value is -4.07. The van der Waals surface area contributed by atoms with Gasteiger partial charge in [0.25, 0.3) is 0 Å². The molecule has 0 spiro atoms. The van der Waals surface area contributed by atoms with Crippen LogP contribution in [0.15, 0.2) is 65.8 Å². The summed E-state index contributed by atoms with van der Waals surface area (Å²) in [5, 5.41) is 4.21. The number of carbonyl (C=O) groups excluding carboxylic acids is 1. The number of hydrogen-bond acceptors (Lipinski definition) is 8. The number of methoxy groups -OCH3 is 1. The zero-order valence-corrected chi connectivity index (χ0v) is 17.7. The number of anilines is 2. The SMILES string of the molecule is COC(=O)c1cccc(COc2ccc(CC3=NOC(c4ccc(N)nc4N)C3)cc2)c1. The molecule has 32 heavy (non-hydrogen) atoms. The van der Waals surface area contributed by atoms with Crippen LogP contribution in [-0.2, 0) is 22.6 Å². The molecule has 2 aromatic carbocycles. The first-order valence-electron chi connectivity index (χ1n) is 10.1. The van der Waals surface area contributed by atoms with Crippen LogP contribution in [0.25, 0.3) is 0 Å². The number of ether oxygens (including phenoxy) is 2. The highest BCUT2D eigenvalue weighted by molar-refractivity contribution is 5.89. The van der Waals surface area contributed by atoms with Gasteiger partial charge in [-0.3, -0.25) is 0 Å². The zero-order valence-electron chi connectivity index (χ0n) is 17.7. The molecule has 8 heteroatoms. The minimum absolute atomic E-state index is 0.249. The number of nitrogens with zero attached hydrogens (tertiary/aromatic N) is 2. The lowest BCUT2D eigenvalue weighted by atomic mass is 10.0. The van der Waals surface area contributed by atoms with Gasteiger partial charge in [0.2, 0.25) is 0 Å². The van der Waals surface area contributed by atoms with E-state index in [0.29, 0.717) is 36.6 Å². The summed E-state index contributed by atoms with van der Waals surface area (Å²) >= 11 is 0. The van der Waals surface area contributed by atoms with Gasteiger partial charge in [-0.1, -0.05) is 29.4 Å². The summed E-state index contributed by atoms with van der Waals surface area (Å²) in [7, 11) is 1.36. The smallest absolute Gasteiger partial charge is 0.337 e. The Bertz CT molecular complexity index is 1140. The van der Waals surface area contributed by atoms with E-state index >= 15 is 0 Å². The molecule has 0 radical (unpaired) electrons. The van der Waals surface area contributed by atoms with Crippen LogP contribution < -0.4 is 16.2 Å². The number of benzene rings is 2. The van der Waals surface area contributed by atoms with Crippen LogP contribution in [0, 0.1) is 0 Å². The average Bonchev–Trinajstić information content (AvgIpc) is 3.26. The number of carbonyl (C=O) groups is 1. The van der Waals surface area contributed by atoms with Crippen molar-refractivity contribution >= 4 is 23.3 Å². The number of pyridine rings is 1. The first-order valence-corrected chi connectivity index (χ1v) is 10.1. The van der Waals surface area contributed by atoms with E-state index < -0.39 is 0 Å². The van der Waals surface area contributed by atoms with Crippen molar-refractivity contribution in [2.45, 2.75) is 25.6 Å². The van der Waals surface area contributed by atoms with Crippen molar-refractivity contribution in [2.24, 2.45) is 5.16 Å². The van der Waals surface area contributed by atoms with E-state index in [2.05, 4.69) is 10.1 Å². The second-order valence-electron chi connectivity index (χ2n) is 7.47. The quantitative estimate of drug-likeness (QED) is 0.546. The molecule has 0 amide bonds. The predicted octanol–water partition coefficient (Wildman–Crippen LogP) is 3.67. The number of esters is 1. The molecule has 1 aliphatic heterocycles. The molecule has 0 aliphatic carbocycles. The highest BCUT2D eigenvalue weighted by atomic mass is 16.6. The number of hydrogen-bond donors (Lipinski definition) is 2. The van der Waals surface area contributed by atoms with Crippen molar-refractivity contribution in [1.82, 2.24) is 4.98 Å². The predicted molar refractivity (Wildman–Crippen MR) is 121 cm³/mol. The third kappa shape index (κ3) is 4.97. The van der Waals surface area contributed by atoms with Crippen molar-refractivity contribution < 1.29 is 19.1 Å². The molecular weight excluding hydrogens is 408 g/mol. The molecule has 164 valence electrons. The molecule has 1 unspecified atom stereocenters. The Labute approximate surface area is 185 Å². The van der Waals surface area contributed by atoms with E-state index in [1.807, 2.05) is 36.4 Å². The fraction of sp³-hybridized carbons (Fsp3) is 0.208. The van der Waals surface area contributed by atoms with Crippen LogP contribution in [0.4, 0.5) is 11.6 Å². The third-order valence-electron chi connectivity index (χ3n) is 5.14. The van der Waals surface area contributed by atoms with E-state index in [-0.39, 0.29) is 12.1 Å². The molecule has 1 atom stereocenters. The molecule has 3 aromatic rings. The van der Waals surface area contributed by atoms with Crippen LogP contribution in [0.3, 0.4) is 0 Å². The fourth-order valence-electron chi connectivity index (χ4n) is 3.48. The Morgan fingerprint density at radius 2 is 1.91 bits per heavy atom. The first kappa shape index (κ1) is 21.2. The second-order valence-corrected chi connectivity index (χ2v) is 7.47. The molecule has 4 N–H and O–H groups in total. The van der Waals surface area contributed by atoms with Crippen molar-refractivity contribution in [1.29, 1.82) is 0 Å². The minimum atomic E-state index is -0.368. The van der Waals surface area contributed by atoms with Crippen molar-refractivity contribution in [3.05, 3.63) is 82.9 Å².